The van der Waals surface area contributed by atoms with E-state index in [4.69, 9.17) is 9.84 Å². The van der Waals surface area contributed by atoms with Gasteiger partial charge in [0, 0.05) is 13.1 Å². The molecule has 1 aliphatic heterocycles. The molecule has 1 aromatic carbocycles. The third-order valence-electron chi connectivity index (χ3n) is 3.71. The predicted octanol–water partition coefficient (Wildman–Crippen LogP) is 2.42. The van der Waals surface area contributed by atoms with Gasteiger partial charge in [-0.25, -0.2) is 0 Å². The zero-order chi connectivity index (χ0) is 14.6. The molecule has 0 aliphatic carbocycles. The molecule has 1 N–H and O–H groups in total. The van der Waals surface area contributed by atoms with Crippen molar-refractivity contribution >= 4 is 5.97 Å². The van der Waals surface area contributed by atoms with E-state index in [1.54, 1.807) is 0 Å². The second-order valence-electron chi connectivity index (χ2n) is 6.25. The van der Waals surface area contributed by atoms with Crippen molar-refractivity contribution in [3.63, 3.8) is 0 Å². The van der Waals surface area contributed by atoms with Gasteiger partial charge < -0.3 is 9.84 Å². The van der Waals surface area contributed by atoms with Gasteiger partial charge in [-0.15, -0.1) is 0 Å². The minimum Gasteiger partial charge on any atom is -0.492 e. The topological polar surface area (TPSA) is 49.8 Å². The standard InChI is InChI=1S/C16H23NO3/c1-16(2)7-8-17(12-16)9-10-20-14-5-3-13(4-6-14)11-15(18)19/h3-6H,7-12H2,1-2H3,(H,18,19). The van der Waals surface area contributed by atoms with E-state index in [2.05, 4.69) is 18.7 Å². The van der Waals surface area contributed by atoms with Crippen molar-refractivity contribution in [2.45, 2.75) is 26.7 Å². The predicted molar refractivity (Wildman–Crippen MR) is 78.1 cm³/mol. The van der Waals surface area contributed by atoms with E-state index < -0.39 is 5.97 Å². The molecule has 0 amide bonds. The lowest BCUT2D eigenvalue weighted by molar-refractivity contribution is -0.136. The summed E-state index contributed by atoms with van der Waals surface area (Å²) in [4.78, 5) is 13.0. The minimum absolute atomic E-state index is 0.0587. The summed E-state index contributed by atoms with van der Waals surface area (Å²) in [5.41, 5.74) is 1.23. The summed E-state index contributed by atoms with van der Waals surface area (Å²) in [5, 5.41) is 8.70. The van der Waals surface area contributed by atoms with Gasteiger partial charge in [0.2, 0.25) is 0 Å². The molecule has 1 aliphatic rings. The summed E-state index contributed by atoms with van der Waals surface area (Å²) in [6, 6.07) is 7.29. The Bertz CT molecular complexity index is 453. The Hall–Kier alpha value is -1.55. The summed E-state index contributed by atoms with van der Waals surface area (Å²) in [7, 11) is 0. The third kappa shape index (κ3) is 4.53. The van der Waals surface area contributed by atoms with Gasteiger partial charge in [-0.3, -0.25) is 9.69 Å². The summed E-state index contributed by atoms with van der Waals surface area (Å²) in [5.74, 6) is -0.00656. The number of rotatable bonds is 6. The number of likely N-dealkylation sites (tertiary alicyclic amines) is 1. The largest absolute Gasteiger partial charge is 0.492 e. The number of carbonyl (C=O) groups is 1. The Kier molecular flexibility index (Phi) is 4.65. The molecule has 4 heteroatoms. The highest BCUT2D eigenvalue weighted by molar-refractivity contribution is 5.70. The van der Waals surface area contributed by atoms with Gasteiger partial charge in [0.1, 0.15) is 12.4 Å². The lowest BCUT2D eigenvalue weighted by Crippen LogP contribution is -2.27. The van der Waals surface area contributed by atoms with Crippen LogP contribution in [0.3, 0.4) is 0 Å². The number of ether oxygens (including phenoxy) is 1. The van der Waals surface area contributed by atoms with Crippen LogP contribution >= 0.6 is 0 Å². The van der Waals surface area contributed by atoms with Crippen LogP contribution in [0, 0.1) is 5.41 Å². The van der Waals surface area contributed by atoms with E-state index >= 15 is 0 Å². The molecule has 4 nitrogen and oxygen atoms in total. The second-order valence-corrected chi connectivity index (χ2v) is 6.25. The lowest BCUT2D eigenvalue weighted by Gasteiger charge is -2.19. The van der Waals surface area contributed by atoms with Crippen molar-refractivity contribution < 1.29 is 14.6 Å². The molecule has 20 heavy (non-hydrogen) atoms. The Balaban J connectivity index is 1.73. The van der Waals surface area contributed by atoms with Crippen LogP contribution in [0.25, 0.3) is 0 Å². The number of benzene rings is 1. The summed E-state index contributed by atoms with van der Waals surface area (Å²) >= 11 is 0. The molecule has 1 saturated heterocycles. The molecule has 110 valence electrons. The zero-order valence-corrected chi connectivity index (χ0v) is 12.3. The van der Waals surface area contributed by atoms with E-state index in [9.17, 15) is 4.79 Å². The zero-order valence-electron chi connectivity index (χ0n) is 12.3. The Morgan fingerprint density at radius 2 is 2.05 bits per heavy atom. The first kappa shape index (κ1) is 14.9. The molecule has 2 rings (SSSR count). The average Bonchev–Trinajstić information content (AvgIpc) is 2.70. The van der Waals surface area contributed by atoms with Crippen LogP contribution in [-0.2, 0) is 11.2 Å². The van der Waals surface area contributed by atoms with Crippen LogP contribution in [0.1, 0.15) is 25.8 Å². The molecule has 1 fully saturated rings. The summed E-state index contributed by atoms with van der Waals surface area (Å²) < 4.78 is 5.71. The smallest absolute Gasteiger partial charge is 0.307 e. The number of hydrogen-bond acceptors (Lipinski definition) is 3. The van der Waals surface area contributed by atoms with Crippen molar-refractivity contribution in [3.05, 3.63) is 29.8 Å². The van der Waals surface area contributed by atoms with Crippen molar-refractivity contribution in [3.8, 4) is 5.75 Å². The van der Waals surface area contributed by atoms with Crippen molar-refractivity contribution in [1.29, 1.82) is 0 Å². The molecule has 0 aromatic heterocycles. The molecule has 0 radical (unpaired) electrons. The Morgan fingerprint density at radius 1 is 1.35 bits per heavy atom. The molecule has 0 bridgehead atoms. The van der Waals surface area contributed by atoms with Gasteiger partial charge in [-0.1, -0.05) is 26.0 Å². The fraction of sp³-hybridized carbons (Fsp3) is 0.562. The second kappa shape index (κ2) is 6.27. The lowest BCUT2D eigenvalue weighted by atomic mass is 9.93. The number of aliphatic carboxylic acids is 1. The molecule has 0 atom stereocenters. The first-order valence-corrected chi connectivity index (χ1v) is 7.10. The van der Waals surface area contributed by atoms with Crippen LogP contribution in [-0.4, -0.2) is 42.2 Å². The first-order chi connectivity index (χ1) is 9.44. The fourth-order valence-corrected chi connectivity index (χ4v) is 2.59. The molecule has 1 heterocycles. The highest BCUT2D eigenvalue weighted by Gasteiger charge is 2.28. The number of carboxylic acids is 1. The third-order valence-corrected chi connectivity index (χ3v) is 3.71. The van der Waals surface area contributed by atoms with E-state index in [0.717, 1.165) is 30.9 Å². The monoisotopic (exact) mass is 277 g/mol. The maximum Gasteiger partial charge on any atom is 0.307 e. The summed E-state index contributed by atoms with van der Waals surface area (Å²) in [6.45, 7) is 8.50. The van der Waals surface area contributed by atoms with Crippen molar-refractivity contribution in [2.75, 3.05) is 26.2 Å². The van der Waals surface area contributed by atoms with Crippen LogP contribution < -0.4 is 4.74 Å². The van der Waals surface area contributed by atoms with Crippen molar-refractivity contribution in [2.24, 2.45) is 5.41 Å². The minimum atomic E-state index is -0.810. The maximum absolute atomic E-state index is 10.6. The molecular formula is C16H23NO3. The first-order valence-electron chi connectivity index (χ1n) is 7.10. The van der Waals surface area contributed by atoms with Gasteiger partial charge in [0.15, 0.2) is 0 Å². The van der Waals surface area contributed by atoms with Gasteiger partial charge in [0.05, 0.1) is 6.42 Å². The van der Waals surface area contributed by atoms with E-state index in [1.165, 1.54) is 6.42 Å². The fourth-order valence-electron chi connectivity index (χ4n) is 2.59. The molecule has 0 saturated carbocycles. The van der Waals surface area contributed by atoms with E-state index in [-0.39, 0.29) is 6.42 Å². The average molecular weight is 277 g/mol. The number of hydrogen-bond donors (Lipinski definition) is 1. The normalized spacial score (nSPS) is 18.1. The Labute approximate surface area is 120 Å². The van der Waals surface area contributed by atoms with Gasteiger partial charge in [-0.2, -0.15) is 0 Å². The maximum atomic E-state index is 10.6. The van der Waals surface area contributed by atoms with Crippen LogP contribution in [0.5, 0.6) is 5.75 Å². The van der Waals surface area contributed by atoms with Crippen LogP contribution in [0.4, 0.5) is 0 Å². The molecule has 0 spiro atoms. The summed E-state index contributed by atoms with van der Waals surface area (Å²) in [6.07, 6.45) is 1.31. The Morgan fingerprint density at radius 3 is 2.60 bits per heavy atom. The molecular weight excluding hydrogens is 254 g/mol. The number of nitrogens with zero attached hydrogens (tertiary/aromatic N) is 1. The van der Waals surface area contributed by atoms with Crippen molar-refractivity contribution in [1.82, 2.24) is 4.90 Å². The highest BCUT2D eigenvalue weighted by atomic mass is 16.5. The highest BCUT2D eigenvalue weighted by Crippen LogP contribution is 2.28. The van der Waals surface area contributed by atoms with Crippen LogP contribution in [0.15, 0.2) is 24.3 Å². The quantitative estimate of drug-likeness (QED) is 0.867. The van der Waals surface area contributed by atoms with E-state index in [1.807, 2.05) is 24.3 Å². The van der Waals surface area contributed by atoms with Gasteiger partial charge in [-0.05, 0) is 36.1 Å². The molecule has 0 unspecified atom stereocenters. The van der Waals surface area contributed by atoms with Gasteiger partial charge >= 0.3 is 5.97 Å². The van der Waals surface area contributed by atoms with Gasteiger partial charge in [0.25, 0.3) is 0 Å². The van der Waals surface area contributed by atoms with E-state index in [0.29, 0.717) is 12.0 Å². The molecule has 1 aromatic rings. The van der Waals surface area contributed by atoms with Crippen LogP contribution in [0.2, 0.25) is 0 Å². The number of carboxylic acid groups (broad SMARTS) is 1. The SMILES string of the molecule is CC1(C)CCN(CCOc2ccc(CC(=O)O)cc2)C1.